The minimum atomic E-state index is 0.205. The second-order valence-corrected chi connectivity index (χ2v) is 3.84. The van der Waals surface area contributed by atoms with E-state index in [1.54, 1.807) is 0 Å². The summed E-state index contributed by atoms with van der Waals surface area (Å²) in [5, 5.41) is 3.29. The third-order valence-electron chi connectivity index (χ3n) is 2.35. The Morgan fingerprint density at radius 3 is 2.56 bits per heavy atom. The number of halogens is 1. The van der Waals surface area contributed by atoms with Crippen LogP contribution >= 0.6 is 11.6 Å². The number of nitrogens with one attached hydrogen (secondary N) is 1. The van der Waals surface area contributed by atoms with E-state index in [9.17, 15) is 0 Å². The predicted octanol–water partition coefficient (Wildman–Crippen LogP) is 2.20. The highest BCUT2D eigenvalue weighted by molar-refractivity contribution is 6.28. The summed E-state index contributed by atoms with van der Waals surface area (Å²) in [5.41, 5.74) is 0. The number of aromatic nitrogens is 3. The fraction of sp³-hybridized carbons (Fsp3) is 0.583. The van der Waals surface area contributed by atoms with Gasteiger partial charge in [-0.15, -0.1) is 11.8 Å². The summed E-state index contributed by atoms with van der Waals surface area (Å²) in [6.45, 7) is 8.27. The molecule has 0 spiro atoms. The molecule has 1 rings (SSSR count). The van der Waals surface area contributed by atoms with Gasteiger partial charge in [-0.3, -0.25) is 0 Å². The van der Waals surface area contributed by atoms with Crippen LogP contribution in [0.3, 0.4) is 0 Å². The second-order valence-electron chi connectivity index (χ2n) is 3.50. The van der Waals surface area contributed by atoms with Crippen molar-refractivity contribution < 1.29 is 0 Å². The first kappa shape index (κ1) is 14.5. The SMILES string of the molecule is CC#CCCNc1nc(Cl)nc(N(CC)CC)n1. The molecule has 0 saturated carbocycles. The lowest BCUT2D eigenvalue weighted by Crippen LogP contribution is -2.25. The van der Waals surface area contributed by atoms with E-state index in [0.717, 1.165) is 19.5 Å². The van der Waals surface area contributed by atoms with Crippen LogP contribution in [0.1, 0.15) is 27.2 Å². The molecule has 5 nitrogen and oxygen atoms in total. The average Bonchev–Trinajstić information content (AvgIpc) is 2.36. The molecule has 1 aromatic heterocycles. The minimum Gasteiger partial charge on any atom is -0.353 e. The molecule has 98 valence electrons. The van der Waals surface area contributed by atoms with Crippen molar-refractivity contribution >= 4 is 23.5 Å². The normalized spacial score (nSPS) is 9.56. The molecule has 6 heteroatoms. The monoisotopic (exact) mass is 267 g/mol. The van der Waals surface area contributed by atoms with Gasteiger partial charge in [0, 0.05) is 26.1 Å². The Balaban J connectivity index is 2.75. The largest absolute Gasteiger partial charge is 0.353 e. The predicted molar refractivity (Wildman–Crippen MR) is 75.0 cm³/mol. The van der Waals surface area contributed by atoms with Crippen LogP contribution in [0.15, 0.2) is 0 Å². The van der Waals surface area contributed by atoms with Gasteiger partial charge in [0.05, 0.1) is 0 Å². The van der Waals surface area contributed by atoms with E-state index >= 15 is 0 Å². The van der Waals surface area contributed by atoms with Crippen LogP contribution in [0.2, 0.25) is 5.28 Å². The molecule has 18 heavy (non-hydrogen) atoms. The van der Waals surface area contributed by atoms with E-state index in [0.29, 0.717) is 18.4 Å². The molecular weight excluding hydrogens is 250 g/mol. The van der Waals surface area contributed by atoms with E-state index in [2.05, 4.69) is 32.1 Å². The smallest absolute Gasteiger partial charge is 0.231 e. The zero-order valence-corrected chi connectivity index (χ0v) is 11.8. The van der Waals surface area contributed by atoms with Gasteiger partial charge in [-0.1, -0.05) is 0 Å². The van der Waals surface area contributed by atoms with E-state index in [1.165, 1.54) is 0 Å². The Hall–Kier alpha value is -1.54. The van der Waals surface area contributed by atoms with Crippen LogP contribution in [0.4, 0.5) is 11.9 Å². The van der Waals surface area contributed by atoms with Gasteiger partial charge in [0.15, 0.2) is 0 Å². The van der Waals surface area contributed by atoms with Crippen LogP contribution in [0, 0.1) is 11.8 Å². The van der Waals surface area contributed by atoms with Crippen LogP contribution in [-0.4, -0.2) is 34.6 Å². The molecule has 0 bridgehead atoms. The topological polar surface area (TPSA) is 53.9 Å². The Kier molecular flexibility index (Phi) is 6.23. The first-order chi connectivity index (χ1) is 8.71. The summed E-state index contributed by atoms with van der Waals surface area (Å²) in [5.74, 6) is 6.90. The molecular formula is C12H18ClN5. The third kappa shape index (κ3) is 4.38. The standard InChI is InChI=1S/C12H18ClN5/c1-4-7-8-9-14-11-15-10(13)16-12(17-11)18(5-2)6-3/h5-6,8-9H2,1-3H3,(H,14,15,16,17). The maximum atomic E-state index is 5.89. The molecule has 1 aromatic rings. The van der Waals surface area contributed by atoms with Crippen LogP contribution in [0.5, 0.6) is 0 Å². The zero-order chi connectivity index (χ0) is 13.4. The van der Waals surface area contributed by atoms with Crippen molar-refractivity contribution in [2.24, 2.45) is 0 Å². The van der Waals surface area contributed by atoms with Crippen LogP contribution in [-0.2, 0) is 0 Å². The first-order valence-corrected chi connectivity index (χ1v) is 6.39. The quantitative estimate of drug-likeness (QED) is 0.633. The highest BCUT2D eigenvalue weighted by Gasteiger charge is 2.09. The molecule has 0 aliphatic rings. The zero-order valence-electron chi connectivity index (χ0n) is 11.0. The number of nitrogens with zero attached hydrogens (tertiary/aromatic N) is 4. The van der Waals surface area contributed by atoms with Crippen molar-refractivity contribution in [3.63, 3.8) is 0 Å². The highest BCUT2D eigenvalue weighted by Crippen LogP contribution is 2.13. The Morgan fingerprint density at radius 1 is 1.22 bits per heavy atom. The summed E-state index contributed by atoms with van der Waals surface area (Å²) >= 11 is 5.89. The molecule has 0 aromatic carbocycles. The van der Waals surface area contributed by atoms with E-state index < -0.39 is 0 Å². The molecule has 0 aliphatic carbocycles. The van der Waals surface area contributed by atoms with Crippen molar-refractivity contribution in [1.29, 1.82) is 0 Å². The van der Waals surface area contributed by atoms with Crippen molar-refractivity contribution in [3.8, 4) is 11.8 Å². The third-order valence-corrected chi connectivity index (χ3v) is 2.52. The lowest BCUT2D eigenvalue weighted by Gasteiger charge is -2.18. The fourth-order valence-corrected chi connectivity index (χ4v) is 1.58. The molecule has 0 unspecified atom stereocenters. The molecule has 0 saturated heterocycles. The number of anilines is 2. The maximum absolute atomic E-state index is 5.89. The first-order valence-electron chi connectivity index (χ1n) is 6.01. The van der Waals surface area contributed by atoms with E-state index in [-0.39, 0.29) is 5.28 Å². The molecule has 1 heterocycles. The fourth-order valence-electron chi connectivity index (χ4n) is 1.43. The summed E-state index contributed by atoms with van der Waals surface area (Å²) in [6.07, 6.45) is 0.750. The van der Waals surface area contributed by atoms with Crippen molar-refractivity contribution in [3.05, 3.63) is 5.28 Å². The molecule has 1 N–H and O–H groups in total. The number of hydrogen-bond donors (Lipinski definition) is 1. The van der Waals surface area contributed by atoms with Gasteiger partial charge in [-0.2, -0.15) is 15.0 Å². The Labute approximate surface area is 113 Å². The van der Waals surface area contributed by atoms with Crippen LogP contribution in [0.25, 0.3) is 0 Å². The van der Waals surface area contributed by atoms with Gasteiger partial charge in [0.2, 0.25) is 17.2 Å². The minimum absolute atomic E-state index is 0.205. The summed E-state index contributed by atoms with van der Waals surface area (Å²) < 4.78 is 0. The van der Waals surface area contributed by atoms with Gasteiger partial charge >= 0.3 is 0 Å². The molecule has 0 fully saturated rings. The Bertz CT molecular complexity index is 434. The second kappa shape index (κ2) is 7.72. The highest BCUT2D eigenvalue weighted by atomic mass is 35.5. The van der Waals surface area contributed by atoms with Gasteiger partial charge < -0.3 is 10.2 Å². The lowest BCUT2D eigenvalue weighted by molar-refractivity contribution is 0.811. The number of hydrogen-bond acceptors (Lipinski definition) is 5. The van der Waals surface area contributed by atoms with Crippen molar-refractivity contribution in [2.45, 2.75) is 27.2 Å². The molecule has 0 aliphatic heterocycles. The molecule has 0 amide bonds. The van der Waals surface area contributed by atoms with Gasteiger partial charge in [-0.25, -0.2) is 0 Å². The van der Waals surface area contributed by atoms with E-state index in [1.807, 2.05) is 25.7 Å². The molecule has 0 radical (unpaired) electrons. The van der Waals surface area contributed by atoms with Crippen molar-refractivity contribution in [2.75, 3.05) is 29.9 Å². The van der Waals surface area contributed by atoms with E-state index in [4.69, 9.17) is 11.6 Å². The summed E-state index contributed by atoms with van der Waals surface area (Å²) in [4.78, 5) is 14.5. The van der Waals surface area contributed by atoms with Crippen LogP contribution < -0.4 is 10.2 Å². The van der Waals surface area contributed by atoms with Gasteiger partial charge in [0.25, 0.3) is 0 Å². The summed E-state index contributed by atoms with van der Waals surface area (Å²) in [6, 6.07) is 0. The average molecular weight is 268 g/mol. The maximum Gasteiger partial charge on any atom is 0.231 e. The lowest BCUT2D eigenvalue weighted by atomic mass is 10.4. The summed E-state index contributed by atoms with van der Waals surface area (Å²) in [7, 11) is 0. The van der Waals surface area contributed by atoms with Gasteiger partial charge in [0.1, 0.15) is 0 Å². The van der Waals surface area contributed by atoms with Gasteiger partial charge in [-0.05, 0) is 32.4 Å². The Morgan fingerprint density at radius 2 is 1.94 bits per heavy atom. The van der Waals surface area contributed by atoms with Crippen molar-refractivity contribution in [1.82, 2.24) is 15.0 Å². The number of rotatable bonds is 6. The molecule has 0 atom stereocenters.